The molecule has 5 rings (SSSR count). The summed E-state index contributed by atoms with van der Waals surface area (Å²) in [4.78, 5) is 13.5. The minimum atomic E-state index is -4.37. The molecule has 0 unspecified atom stereocenters. The molecule has 11 heteroatoms. The van der Waals surface area contributed by atoms with Crippen LogP contribution in [0.25, 0.3) is 27.9 Å². The maximum atomic E-state index is 13.1. The zero-order chi connectivity index (χ0) is 25.0. The number of nitrogens with one attached hydrogen (secondary N) is 2. The SMILES string of the molecule is CNc1nc(NC2CCC(C)(C)CC2)nn2ccc(-c3ccc4nc(C)n(CC(F)(F)F)c4n3)c12. The summed E-state index contributed by atoms with van der Waals surface area (Å²) in [5, 5.41) is 11.3. The van der Waals surface area contributed by atoms with Crippen LogP contribution in [-0.4, -0.2) is 48.4 Å². The Kier molecular flexibility index (Phi) is 5.60. The van der Waals surface area contributed by atoms with Crippen molar-refractivity contribution in [3.63, 3.8) is 0 Å². The van der Waals surface area contributed by atoms with E-state index in [0.717, 1.165) is 35.8 Å². The highest BCUT2D eigenvalue weighted by molar-refractivity contribution is 5.89. The van der Waals surface area contributed by atoms with Gasteiger partial charge in [-0.2, -0.15) is 18.2 Å². The molecule has 4 aromatic heterocycles. The van der Waals surface area contributed by atoms with Gasteiger partial charge in [0.25, 0.3) is 0 Å². The van der Waals surface area contributed by atoms with E-state index in [9.17, 15) is 13.2 Å². The second-order valence-corrected chi connectivity index (χ2v) is 10.0. The van der Waals surface area contributed by atoms with E-state index in [1.807, 2.05) is 12.3 Å². The first kappa shape index (κ1) is 23.4. The summed E-state index contributed by atoms with van der Waals surface area (Å²) in [5.41, 5.74) is 2.94. The number of hydrogen-bond donors (Lipinski definition) is 2. The lowest BCUT2D eigenvalue weighted by molar-refractivity contribution is -0.140. The van der Waals surface area contributed by atoms with Crippen LogP contribution in [0.1, 0.15) is 45.4 Å². The summed E-state index contributed by atoms with van der Waals surface area (Å²) in [6.45, 7) is 5.01. The van der Waals surface area contributed by atoms with Crippen molar-refractivity contribution in [2.24, 2.45) is 5.41 Å². The molecule has 1 aliphatic rings. The molecule has 0 aliphatic heterocycles. The van der Waals surface area contributed by atoms with Crippen LogP contribution in [-0.2, 0) is 6.54 Å². The van der Waals surface area contributed by atoms with Gasteiger partial charge in [-0.15, -0.1) is 5.10 Å². The van der Waals surface area contributed by atoms with E-state index in [0.29, 0.717) is 40.0 Å². The minimum absolute atomic E-state index is 0.196. The molecule has 8 nitrogen and oxygen atoms in total. The maximum Gasteiger partial charge on any atom is 0.406 e. The molecular weight excluding hydrogens is 457 g/mol. The first-order chi connectivity index (χ1) is 16.5. The van der Waals surface area contributed by atoms with Crippen molar-refractivity contribution in [3.8, 4) is 11.3 Å². The lowest BCUT2D eigenvalue weighted by Crippen LogP contribution is -2.30. The molecule has 1 fully saturated rings. The molecule has 0 bridgehead atoms. The van der Waals surface area contributed by atoms with Crippen LogP contribution in [0.15, 0.2) is 24.4 Å². The number of hydrogen-bond acceptors (Lipinski definition) is 6. The van der Waals surface area contributed by atoms with Gasteiger partial charge >= 0.3 is 6.18 Å². The van der Waals surface area contributed by atoms with Gasteiger partial charge < -0.3 is 15.2 Å². The summed E-state index contributed by atoms with van der Waals surface area (Å²) in [6.07, 6.45) is 1.87. The average molecular weight is 487 g/mol. The van der Waals surface area contributed by atoms with Crippen molar-refractivity contribution in [2.45, 2.75) is 65.2 Å². The van der Waals surface area contributed by atoms with Crippen molar-refractivity contribution in [2.75, 3.05) is 17.7 Å². The topological polar surface area (TPSA) is 85.0 Å². The number of rotatable bonds is 5. The van der Waals surface area contributed by atoms with Crippen LogP contribution < -0.4 is 10.6 Å². The second kappa shape index (κ2) is 8.39. The summed E-state index contributed by atoms with van der Waals surface area (Å²) in [6, 6.07) is 5.63. The number of pyridine rings is 1. The van der Waals surface area contributed by atoms with Gasteiger partial charge in [0, 0.05) is 24.8 Å². The Morgan fingerprint density at radius 1 is 1.09 bits per heavy atom. The quantitative estimate of drug-likeness (QED) is 0.391. The van der Waals surface area contributed by atoms with Crippen molar-refractivity contribution in [1.29, 1.82) is 0 Å². The predicted molar refractivity (Wildman–Crippen MR) is 130 cm³/mol. The molecule has 1 aliphatic carbocycles. The Morgan fingerprint density at radius 3 is 2.51 bits per heavy atom. The fraction of sp³-hybridized carbons (Fsp3) is 0.500. The van der Waals surface area contributed by atoms with Crippen LogP contribution in [0.5, 0.6) is 0 Å². The number of fused-ring (bicyclic) bond motifs is 2. The van der Waals surface area contributed by atoms with Gasteiger partial charge in [0.15, 0.2) is 11.5 Å². The van der Waals surface area contributed by atoms with E-state index in [4.69, 9.17) is 4.98 Å². The largest absolute Gasteiger partial charge is 0.406 e. The summed E-state index contributed by atoms with van der Waals surface area (Å²) in [7, 11) is 1.78. The van der Waals surface area contributed by atoms with E-state index < -0.39 is 12.7 Å². The normalized spacial score (nSPS) is 16.8. The second-order valence-electron chi connectivity index (χ2n) is 10.0. The van der Waals surface area contributed by atoms with Crippen molar-refractivity contribution >= 4 is 28.4 Å². The van der Waals surface area contributed by atoms with Gasteiger partial charge in [0.1, 0.15) is 23.4 Å². The summed E-state index contributed by atoms with van der Waals surface area (Å²) < 4.78 is 42.2. The minimum Gasteiger partial charge on any atom is -0.371 e. The molecule has 1 saturated carbocycles. The number of halogens is 3. The highest BCUT2D eigenvalue weighted by Gasteiger charge is 2.30. The zero-order valence-corrected chi connectivity index (χ0v) is 20.2. The van der Waals surface area contributed by atoms with Crippen LogP contribution in [0.3, 0.4) is 0 Å². The molecule has 0 amide bonds. The molecule has 4 heterocycles. The Hall–Kier alpha value is -3.37. The Bertz CT molecular complexity index is 1380. The summed E-state index contributed by atoms with van der Waals surface area (Å²) >= 11 is 0. The third-order valence-electron chi connectivity index (χ3n) is 6.82. The molecule has 0 spiro atoms. The van der Waals surface area contributed by atoms with Crippen molar-refractivity contribution < 1.29 is 13.2 Å². The predicted octanol–water partition coefficient (Wildman–Crippen LogP) is 5.43. The fourth-order valence-corrected chi connectivity index (χ4v) is 4.83. The molecule has 0 atom stereocenters. The number of alkyl halides is 3. The van der Waals surface area contributed by atoms with Gasteiger partial charge in [0.2, 0.25) is 5.95 Å². The number of nitrogens with zero attached hydrogens (tertiary/aromatic N) is 6. The smallest absolute Gasteiger partial charge is 0.371 e. The molecule has 2 N–H and O–H groups in total. The average Bonchev–Trinajstić information content (AvgIpc) is 3.34. The van der Waals surface area contributed by atoms with E-state index in [2.05, 4.69) is 39.5 Å². The third-order valence-corrected chi connectivity index (χ3v) is 6.82. The first-order valence-corrected chi connectivity index (χ1v) is 11.8. The molecule has 35 heavy (non-hydrogen) atoms. The zero-order valence-electron chi connectivity index (χ0n) is 20.2. The molecule has 4 aromatic rings. The van der Waals surface area contributed by atoms with Gasteiger partial charge in [-0.05, 0) is 56.2 Å². The van der Waals surface area contributed by atoms with Gasteiger partial charge in [0.05, 0.1) is 5.69 Å². The summed E-state index contributed by atoms with van der Waals surface area (Å²) in [5.74, 6) is 1.42. The number of anilines is 2. The van der Waals surface area contributed by atoms with E-state index >= 15 is 0 Å². The highest BCUT2D eigenvalue weighted by atomic mass is 19.4. The van der Waals surface area contributed by atoms with Gasteiger partial charge in [-0.3, -0.25) is 0 Å². The Balaban J connectivity index is 1.51. The van der Waals surface area contributed by atoms with Crippen LogP contribution in [0, 0.1) is 12.3 Å². The van der Waals surface area contributed by atoms with Crippen molar-refractivity contribution in [1.82, 2.24) is 29.1 Å². The van der Waals surface area contributed by atoms with Crippen LogP contribution >= 0.6 is 0 Å². The Labute approximate surface area is 201 Å². The third kappa shape index (κ3) is 4.63. The first-order valence-electron chi connectivity index (χ1n) is 11.8. The molecule has 0 saturated heterocycles. The molecule has 186 valence electrons. The van der Waals surface area contributed by atoms with E-state index in [-0.39, 0.29) is 11.5 Å². The monoisotopic (exact) mass is 486 g/mol. The fourth-order valence-electron chi connectivity index (χ4n) is 4.83. The molecular formula is C24H29F3N8. The Morgan fingerprint density at radius 2 is 1.83 bits per heavy atom. The van der Waals surface area contributed by atoms with E-state index in [1.54, 1.807) is 30.6 Å². The number of aromatic nitrogens is 6. The van der Waals surface area contributed by atoms with Gasteiger partial charge in [-0.1, -0.05) is 13.8 Å². The van der Waals surface area contributed by atoms with Crippen molar-refractivity contribution in [3.05, 3.63) is 30.2 Å². The standard InChI is InChI=1S/C24H29F3N8/c1-14-29-18-6-5-17(31-21(18)34(14)13-24(25,26)27)16-9-12-35-19(16)20(28-4)32-22(33-35)30-15-7-10-23(2,3)11-8-15/h5-6,9,12,15H,7-8,10-11,13H2,1-4H3,(H2,28,30,32,33). The van der Waals surface area contributed by atoms with E-state index in [1.165, 1.54) is 0 Å². The number of imidazole rings is 1. The highest BCUT2D eigenvalue weighted by Crippen LogP contribution is 2.36. The lowest BCUT2D eigenvalue weighted by Gasteiger charge is -2.34. The molecule has 0 aromatic carbocycles. The van der Waals surface area contributed by atoms with Gasteiger partial charge in [-0.25, -0.2) is 14.5 Å². The van der Waals surface area contributed by atoms with Crippen LogP contribution in [0.2, 0.25) is 0 Å². The maximum absolute atomic E-state index is 13.1. The number of aryl methyl sites for hydroxylation is 1. The lowest BCUT2D eigenvalue weighted by atomic mass is 9.76. The van der Waals surface area contributed by atoms with Crippen LogP contribution in [0.4, 0.5) is 24.9 Å². The molecule has 0 radical (unpaired) electrons.